The number of nitrogens with zero attached hydrogens (tertiary/aromatic N) is 1. The van der Waals surface area contributed by atoms with E-state index in [-0.39, 0.29) is 0 Å². The lowest BCUT2D eigenvalue weighted by Crippen LogP contribution is -2.25. The molecule has 0 radical (unpaired) electrons. The number of hydrogen-bond acceptors (Lipinski definition) is 2. The lowest BCUT2D eigenvalue weighted by Gasteiger charge is -2.01. The van der Waals surface area contributed by atoms with Crippen LogP contribution in [0.25, 0.3) is 0 Å². The van der Waals surface area contributed by atoms with Crippen molar-refractivity contribution in [2.75, 3.05) is 20.1 Å². The Morgan fingerprint density at radius 2 is 2.25 bits per heavy atom. The van der Waals surface area contributed by atoms with E-state index >= 15 is 0 Å². The van der Waals surface area contributed by atoms with E-state index in [9.17, 15) is 8.42 Å². The van der Waals surface area contributed by atoms with Gasteiger partial charge in [0.25, 0.3) is 10.2 Å². The van der Waals surface area contributed by atoms with E-state index in [4.69, 9.17) is 0 Å². The van der Waals surface area contributed by atoms with Crippen LogP contribution < -0.4 is 4.72 Å². The molecule has 1 fully saturated rings. The van der Waals surface area contributed by atoms with Gasteiger partial charge in [-0.2, -0.15) is 12.7 Å². The molecule has 48 valence electrons. The highest BCUT2D eigenvalue weighted by Crippen LogP contribution is 1.97. The van der Waals surface area contributed by atoms with Gasteiger partial charge in [0.2, 0.25) is 0 Å². The standard InChI is InChI=1S/C3H8N2O2S/c1-5-3-2-4-8(5,6)7/h4H,2-3H2,1H3. The maximum atomic E-state index is 10.6. The second-order valence-corrected chi connectivity index (χ2v) is 3.58. The van der Waals surface area contributed by atoms with Gasteiger partial charge in [-0.3, -0.25) is 0 Å². The van der Waals surface area contributed by atoms with Crippen molar-refractivity contribution in [2.45, 2.75) is 0 Å². The molecule has 1 aliphatic heterocycles. The summed E-state index contributed by atoms with van der Waals surface area (Å²) >= 11 is 0. The van der Waals surface area contributed by atoms with E-state index in [2.05, 4.69) is 4.72 Å². The first-order valence-corrected chi connectivity index (χ1v) is 3.78. The molecule has 0 saturated carbocycles. The summed E-state index contributed by atoms with van der Waals surface area (Å²) in [6.07, 6.45) is 0. The van der Waals surface area contributed by atoms with Crippen molar-refractivity contribution in [1.82, 2.24) is 9.03 Å². The largest absolute Gasteiger partial charge is 0.279 e. The van der Waals surface area contributed by atoms with E-state index in [1.807, 2.05) is 0 Å². The highest BCUT2D eigenvalue weighted by atomic mass is 32.2. The molecular formula is C3H8N2O2S. The summed E-state index contributed by atoms with van der Waals surface area (Å²) in [5, 5.41) is 0. The van der Waals surface area contributed by atoms with Crippen LogP contribution in [0.1, 0.15) is 0 Å². The van der Waals surface area contributed by atoms with Crippen LogP contribution in [0.4, 0.5) is 0 Å². The first-order chi connectivity index (χ1) is 3.63. The number of likely N-dealkylation sites (N-methyl/N-ethyl adjacent to an activating group) is 1. The molecule has 0 atom stereocenters. The third kappa shape index (κ3) is 0.841. The zero-order chi connectivity index (χ0) is 6.20. The average Bonchev–Trinajstić information content (AvgIpc) is 1.86. The second kappa shape index (κ2) is 1.68. The van der Waals surface area contributed by atoms with Gasteiger partial charge in [0.1, 0.15) is 0 Å². The lowest BCUT2D eigenvalue weighted by atomic mass is 10.7. The van der Waals surface area contributed by atoms with Gasteiger partial charge in [-0.1, -0.05) is 0 Å². The van der Waals surface area contributed by atoms with Crippen molar-refractivity contribution in [3.63, 3.8) is 0 Å². The van der Waals surface area contributed by atoms with Crippen LogP contribution in [0.5, 0.6) is 0 Å². The average molecular weight is 136 g/mol. The van der Waals surface area contributed by atoms with Crippen molar-refractivity contribution >= 4 is 10.2 Å². The molecule has 0 aromatic rings. The van der Waals surface area contributed by atoms with Crippen LogP contribution in [0.2, 0.25) is 0 Å². The molecule has 1 rings (SSSR count). The Morgan fingerprint density at radius 1 is 1.62 bits per heavy atom. The third-order valence-corrected chi connectivity index (χ3v) is 2.69. The minimum absolute atomic E-state index is 0.541. The first kappa shape index (κ1) is 6.00. The van der Waals surface area contributed by atoms with Crippen LogP contribution in [0.15, 0.2) is 0 Å². The molecule has 0 aromatic heterocycles. The van der Waals surface area contributed by atoms with E-state index < -0.39 is 10.2 Å². The van der Waals surface area contributed by atoms with Crippen molar-refractivity contribution in [3.8, 4) is 0 Å². The summed E-state index contributed by atoms with van der Waals surface area (Å²) in [6.45, 7) is 1.13. The van der Waals surface area contributed by atoms with E-state index in [0.717, 1.165) is 0 Å². The number of nitrogens with one attached hydrogen (secondary N) is 1. The predicted molar refractivity (Wildman–Crippen MR) is 29.6 cm³/mol. The molecule has 0 spiro atoms. The fourth-order valence-corrected chi connectivity index (χ4v) is 1.46. The van der Waals surface area contributed by atoms with Gasteiger partial charge in [-0.25, -0.2) is 4.72 Å². The Kier molecular flexibility index (Phi) is 1.26. The van der Waals surface area contributed by atoms with Crippen LogP contribution >= 0.6 is 0 Å². The highest BCUT2D eigenvalue weighted by molar-refractivity contribution is 7.87. The Bertz CT molecular complexity index is 174. The van der Waals surface area contributed by atoms with Crippen LogP contribution in [0, 0.1) is 0 Å². The highest BCUT2D eigenvalue weighted by Gasteiger charge is 2.22. The summed E-state index contributed by atoms with van der Waals surface area (Å²) in [4.78, 5) is 0. The normalized spacial score (nSPS) is 28.6. The topological polar surface area (TPSA) is 49.4 Å². The van der Waals surface area contributed by atoms with Gasteiger partial charge < -0.3 is 0 Å². The molecule has 8 heavy (non-hydrogen) atoms. The quantitative estimate of drug-likeness (QED) is 0.453. The molecule has 0 aromatic carbocycles. The molecule has 5 heteroatoms. The predicted octanol–water partition coefficient (Wildman–Crippen LogP) is -1.23. The van der Waals surface area contributed by atoms with E-state index in [1.54, 1.807) is 7.05 Å². The van der Waals surface area contributed by atoms with Gasteiger partial charge in [-0.05, 0) is 0 Å². The Labute approximate surface area is 48.7 Å². The summed E-state index contributed by atoms with van der Waals surface area (Å²) in [6, 6.07) is 0. The first-order valence-electron chi connectivity index (χ1n) is 2.34. The Hall–Kier alpha value is -0.130. The van der Waals surface area contributed by atoms with Gasteiger partial charge in [-0.15, -0.1) is 0 Å². The summed E-state index contributed by atoms with van der Waals surface area (Å²) < 4.78 is 24.8. The molecule has 1 saturated heterocycles. The van der Waals surface area contributed by atoms with E-state index in [1.165, 1.54) is 4.31 Å². The van der Waals surface area contributed by atoms with Gasteiger partial charge >= 0.3 is 0 Å². The molecule has 0 amide bonds. The Balaban J connectivity index is 2.85. The number of hydrogen-bond donors (Lipinski definition) is 1. The zero-order valence-corrected chi connectivity index (χ0v) is 5.40. The molecule has 0 bridgehead atoms. The maximum Gasteiger partial charge on any atom is 0.279 e. The van der Waals surface area contributed by atoms with Crippen molar-refractivity contribution < 1.29 is 8.42 Å². The lowest BCUT2D eigenvalue weighted by molar-refractivity contribution is 0.511. The van der Waals surface area contributed by atoms with Crippen molar-refractivity contribution in [1.29, 1.82) is 0 Å². The SMILES string of the molecule is CN1CCNS1(=O)=O. The van der Waals surface area contributed by atoms with Gasteiger partial charge in [0, 0.05) is 20.1 Å². The molecule has 1 N–H and O–H groups in total. The summed E-state index contributed by atoms with van der Waals surface area (Å²) in [7, 11) is -1.49. The zero-order valence-electron chi connectivity index (χ0n) is 4.59. The molecule has 1 heterocycles. The Morgan fingerprint density at radius 3 is 2.38 bits per heavy atom. The molecule has 4 nitrogen and oxygen atoms in total. The second-order valence-electron chi connectivity index (χ2n) is 1.72. The molecule has 0 aliphatic carbocycles. The minimum atomic E-state index is -3.04. The monoisotopic (exact) mass is 136 g/mol. The van der Waals surface area contributed by atoms with Gasteiger partial charge in [0.05, 0.1) is 0 Å². The molecular weight excluding hydrogens is 128 g/mol. The maximum absolute atomic E-state index is 10.6. The minimum Gasteiger partial charge on any atom is -0.201 e. The van der Waals surface area contributed by atoms with Crippen LogP contribution in [-0.4, -0.2) is 32.9 Å². The third-order valence-electron chi connectivity index (χ3n) is 1.12. The fraction of sp³-hybridized carbons (Fsp3) is 1.00. The van der Waals surface area contributed by atoms with Crippen molar-refractivity contribution in [3.05, 3.63) is 0 Å². The summed E-state index contributed by atoms with van der Waals surface area (Å²) in [5.41, 5.74) is 0. The van der Waals surface area contributed by atoms with E-state index in [0.29, 0.717) is 13.1 Å². The number of rotatable bonds is 0. The fourth-order valence-electron chi connectivity index (χ4n) is 0.562. The smallest absolute Gasteiger partial charge is 0.201 e. The van der Waals surface area contributed by atoms with Crippen LogP contribution in [0.3, 0.4) is 0 Å². The van der Waals surface area contributed by atoms with Gasteiger partial charge in [0.15, 0.2) is 0 Å². The van der Waals surface area contributed by atoms with Crippen LogP contribution in [-0.2, 0) is 10.2 Å². The van der Waals surface area contributed by atoms with Crippen molar-refractivity contribution in [2.24, 2.45) is 0 Å². The molecule has 0 unspecified atom stereocenters. The summed E-state index contributed by atoms with van der Waals surface area (Å²) in [5.74, 6) is 0. The molecule has 1 aliphatic rings.